The van der Waals surface area contributed by atoms with Crippen molar-refractivity contribution in [3.8, 4) is 5.75 Å². The topological polar surface area (TPSA) is 63.2 Å². The van der Waals surface area contributed by atoms with Crippen molar-refractivity contribution in [1.82, 2.24) is 15.0 Å². The van der Waals surface area contributed by atoms with Crippen LogP contribution in [0, 0.1) is 0 Å². The minimum Gasteiger partial charge on any atom is -0.491 e. The van der Waals surface area contributed by atoms with Crippen molar-refractivity contribution in [3.05, 3.63) is 35.7 Å². The SMILES string of the molecule is CC(C)Oc1ccc(CNc2nc(C(C)C)nc(N(C)C)n2)cc1. The van der Waals surface area contributed by atoms with Crippen LogP contribution in [-0.2, 0) is 6.54 Å². The van der Waals surface area contributed by atoms with Gasteiger partial charge in [-0.2, -0.15) is 15.0 Å². The minimum atomic E-state index is 0.179. The van der Waals surface area contributed by atoms with Crippen LogP contribution in [0.3, 0.4) is 0 Å². The number of nitrogens with zero attached hydrogens (tertiary/aromatic N) is 4. The summed E-state index contributed by atoms with van der Waals surface area (Å²) in [6, 6.07) is 8.05. The standard InChI is InChI=1S/C18H27N5O/c1-12(2)16-20-17(22-18(21-16)23(5)6)19-11-14-7-9-15(10-8-14)24-13(3)4/h7-10,12-13H,11H2,1-6H3,(H,19,20,21,22). The van der Waals surface area contributed by atoms with Gasteiger partial charge < -0.3 is 15.0 Å². The molecule has 0 saturated carbocycles. The summed E-state index contributed by atoms with van der Waals surface area (Å²) < 4.78 is 5.66. The molecule has 0 spiro atoms. The molecule has 1 aromatic carbocycles. The molecular formula is C18H27N5O. The molecule has 0 aliphatic carbocycles. The van der Waals surface area contributed by atoms with E-state index in [0.717, 1.165) is 17.1 Å². The number of rotatable bonds is 7. The largest absolute Gasteiger partial charge is 0.491 e. The molecule has 24 heavy (non-hydrogen) atoms. The van der Waals surface area contributed by atoms with Crippen LogP contribution in [0.15, 0.2) is 24.3 Å². The summed E-state index contributed by atoms with van der Waals surface area (Å²) in [6.45, 7) is 8.84. The first-order valence-corrected chi connectivity index (χ1v) is 8.28. The van der Waals surface area contributed by atoms with E-state index in [1.165, 1.54) is 0 Å². The fourth-order valence-electron chi connectivity index (χ4n) is 2.06. The number of hydrogen-bond donors (Lipinski definition) is 1. The maximum Gasteiger partial charge on any atom is 0.229 e. The first kappa shape index (κ1) is 18.0. The Balaban J connectivity index is 2.08. The Kier molecular flexibility index (Phi) is 5.95. The fourth-order valence-corrected chi connectivity index (χ4v) is 2.06. The highest BCUT2D eigenvalue weighted by Crippen LogP contribution is 2.17. The van der Waals surface area contributed by atoms with Crippen LogP contribution in [-0.4, -0.2) is 35.2 Å². The quantitative estimate of drug-likeness (QED) is 0.839. The molecule has 130 valence electrons. The van der Waals surface area contributed by atoms with Gasteiger partial charge in [-0.1, -0.05) is 26.0 Å². The molecular weight excluding hydrogens is 302 g/mol. The number of ether oxygens (including phenoxy) is 1. The van der Waals surface area contributed by atoms with Crippen LogP contribution in [0.1, 0.15) is 45.0 Å². The van der Waals surface area contributed by atoms with Crippen LogP contribution in [0.4, 0.5) is 11.9 Å². The molecule has 2 aromatic rings. The number of hydrogen-bond acceptors (Lipinski definition) is 6. The van der Waals surface area contributed by atoms with Crippen molar-refractivity contribution in [2.45, 2.75) is 46.3 Å². The Morgan fingerprint density at radius 1 is 1.00 bits per heavy atom. The first-order valence-electron chi connectivity index (χ1n) is 8.28. The average molecular weight is 329 g/mol. The molecule has 0 atom stereocenters. The van der Waals surface area contributed by atoms with E-state index in [0.29, 0.717) is 18.4 Å². The molecule has 0 unspecified atom stereocenters. The summed E-state index contributed by atoms with van der Waals surface area (Å²) in [5, 5.41) is 3.28. The Hall–Kier alpha value is -2.37. The Labute approximate surface area is 144 Å². The second-order valence-electron chi connectivity index (χ2n) is 6.53. The number of anilines is 2. The lowest BCUT2D eigenvalue weighted by Crippen LogP contribution is -2.17. The van der Waals surface area contributed by atoms with Crippen molar-refractivity contribution in [2.75, 3.05) is 24.3 Å². The minimum absolute atomic E-state index is 0.179. The number of benzene rings is 1. The lowest BCUT2D eigenvalue weighted by atomic mass is 10.2. The van der Waals surface area contributed by atoms with E-state index in [1.54, 1.807) is 0 Å². The van der Waals surface area contributed by atoms with Gasteiger partial charge in [0, 0.05) is 26.6 Å². The van der Waals surface area contributed by atoms with Gasteiger partial charge in [0.25, 0.3) is 0 Å². The van der Waals surface area contributed by atoms with Gasteiger partial charge in [0.2, 0.25) is 11.9 Å². The molecule has 6 nitrogen and oxygen atoms in total. The van der Waals surface area contributed by atoms with Crippen molar-refractivity contribution in [3.63, 3.8) is 0 Å². The zero-order valence-corrected chi connectivity index (χ0v) is 15.4. The van der Waals surface area contributed by atoms with E-state index < -0.39 is 0 Å². The molecule has 2 rings (SSSR count). The summed E-state index contributed by atoms with van der Waals surface area (Å²) >= 11 is 0. The number of aromatic nitrogens is 3. The van der Waals surface area contributed by atoms with Crippen molar-refractivity contribution in [1.29, 1.82) is 0 Å². The van der Waals surface area contributed by atoms with Crippen LogP contribution in [0.2, 0.25) is 0 Å². The zero-order valence-electron chi connectivity index (χ0n) is 15.4. The van der Waals surface area contributed by atoms with Crippen LogP contribution in [0.25, 0.3) is 0 Å². The Morgan fingerprint density at radius 2 is 1.67 bits per heavy atom. The van der Waals surface area contributed by atoms with Gasteiger partial charge in [-0.3, -0.25) is 0 Å². The lowest BCUT2D eigenvalue weighted by Gasteiger charge is -2.15. The molecule has 0 aliphatic rings. The van der Waals surface area contributed by atoms with Crippen molar-refractivity contribution >= 4 is 11.9 Å². The van der Waals surface area contributed by atoms with Gasteiger partial charge in [-0.05, 0) is 31.5 Å². The van der Waals surface area contributed by atoms with Gasteiger partial charge in [-0.25, -0.2) is 0 Å². The average Bonchev–Trinajstić information content (AvgIpc) is 2.53. The van der Waals surface area contributed by atoms with Gasteiger partial charge in [0.15, 0.2) is 0 Å². The van der Waals surface area contributed by atoms with Crippen LogP contribution in [0.5, 0.6) is 5.75 Å². The van der Waals surface area contributed by atoms with E-state index in [9.17, 15) is 0 Å². The van der Waals surface area contributed by atoms with Gasteiger partial charge in [0.05, 0.1) is 6.10 Å². The molecule has 1 aromatic heterocycles. The van der Waals surface area contributed by atoms with E-state index in [1.807, 2.05) is 57.1 Å². The Morgan fingerprint density at radius 3 is 2.21 bits per heavy atom. The summed E-state index contributed by atoms with van der Waals surface area (Å²) in [5.41, 5.74) is 1.14. The highest BCUT2D eigenvalue weighted by Gasteiger charge is 2.10. The molecule has 6 heteroatoms. The van der Waals surface area contributed by atoms with Crippen molar-refractivity contribution in [2.24, 2.45) is 0 Å². The molecule has 0 aliphatic heterocycles. The number of nitrogens with one attached hydrogen (secondary N) is 1. The zero-order chi connectivity index (χ0) is 17.7. The summed E-state index contributed by atoms with van der Waals surface area (Å²) in [5.74, 6) is 3.18. The van der Waals surface area contributed by atoms with Crippen molar-refractivity contribution < 1.29 is 4.74 Å². The molecule has 0 radical (unpaired) electrons. The Bertz CT molecular complexity index is 627. The predicted octanol–water partition coefficient (Wildman–Crippen LogP) is 3.46. The van der Waals surface area contributed by atoms with Crippen LogP contribution >= 0.6 is 0 Å². The smallest absolute Gasteiger partial charge is 0.229 e. The highest BCUT2D eigenvalue weighted by molar-refractivity contribution is 5.37. The van der Waals surface area contributed by atoms with E-state index >= 15 is 0 Å². The fraction of sp³-hybridized carbons (Fsp3) is 0.500. The van der Waals surface area contributed by atoms with Gasteiger partial charge in [0.1, 0.15) is 11.6 Å². The molecule has 0 fully saturated rings. The maximum atomic E-state index is 5.66. The lowest BCUT2D eigenvalue weighted by molar-refractivity contribution is 0.242. The second kappa shape index (κ2) is 7.95. The molecule has 0 amide bonds. The first-order chi connectivity index (χ1) is 11.3. The highest BCUT2D eigenvalue weighted by atomic mass is 16.5. The maximum absolute atomic E-state index is 5.66. The van der Waals surface area contributed by atoms with Gasteiger partial charge >= 0.3 is 0 Å². The molecule has 1 heterocycles. The third kappa shape index (κ3) is 5.08. The normalized spacial score (nSPS) is 11.0. The van der Waals surface area contributed by atoms with Gasteiger partial charge in [-0.15, -0.1) is 0 Å². The van der Waals surface area contributed by atoms with E-state index in [4.69, 9.17) is 4.74 Å². The van der Waals surface area contributed by atoms with E-state index in [-0.39, 0.29) is 12.0 Å². The molecule has 1 N–H and O–H groups in total. The molecule has 0 saturated heterocycles. The summed E-state index contributed by atoms with van der Waals surface area (Å²) in [7, 11) is 3.85. The van der Waals surface area contributed by atoms with Crippen LogP contribution < -0.4 is 15.0 Å². The molecule has 0 bridgehead atoms. The third-order valence-corrected chi connectivity index (χ3v) is 3.30. The summed E-state index contributed by atoms with van der Waals surface area (Å²) in [6.07, 6.45) is 0.179. The predicted molar refractivity (Wildman–Crippen MR) is 97.8 cm³/mol. The summed E-state index contributed by atoms with van der Waals surface area (Å²) in [4.78, 5) is 15.3. The monoisotopic (exact) mass is 329 g/mol. The third-order valence-electron chi connectivity index (χ3n) is 3.30. The second-order valence-corrected chi connectivity index (χ2v) is 6.53. The van der Waals surface area contributed by atoms with E-state index in [2.05, 4.69) is 34.1 Å².